The largest absolute Gasteiger partial charge is 0.368 e. The number of aliphatic hydroxyl groups is 1. The van der Waals surface area contributed by atoms with Gasteiger partial charge in [0.15, 0.2) is 6.29 Å². The van der Waals surface area contributed by atoms with Crippen molar-refractivity contribution in [1.82, 2.24) is 5.32 Å². The van der Waals surface area contributed by atoms with Crippen LogP contribution in [-0.2, 0) is 9.53 Å². The summed E-state index contributed by atoms with van der Waals surface area (Å²) in [7, 11) is 1.41. The van der Waals surface area contributed by atoms with E-state index in [0.29, 0.717) is 18.5 Å². The quantitative estimate of drug-likeness (QED) is 0.455. The van der Waals surface area contributed by atoms with E-state index in [2.05, 4.69) is 16.6 Å². The van der Waals surface area contributed by atoms with Crippen LogP contribution in [0.1, 0.15) is 13.3 Å². The molecule has 0 aliphatic heterocycles. The van der Waals surface area contributed by atoms with Crippen molar-refractivity contribution < 1.29 is 14.6 Å². The Kier molecular flexibility index (Phi) is 5.32. The van der Waals surface area contributed by atoms with E-state index in [1.54, 1.807) is 6.92 Å². The summed E-state index contributed by atoms with van der Waals surface area (Å²) in [5.41, 5.74) is 0.460. The maximum atomic E-state index is 10.9. The average molecular weight is 173 g/mol. The molecule has 12 heavy (non-hydrogen) atoms. The predicted octanol–water partition coefficient (Wildman–Crippen LogP) is 0.0336. The zero-order valence-electron chi connectivity index (χ0n) is 7.46. The van der Waals surface area contributed by atoms with E-state index in [1.807, 2.05) is 0 Å². The van der Waals surface area contributed by atoms with Gasteiger partial charge in [0.05, 0.1) is 0 Å². The molecule has 0 fully saturated rings. The number of amides is 1. The van der Waals surface area contributed by atoms with Crippen LogP contribution in [0.5, 0.6) is 0 Å². The minimum atomic E-state index is -0.810. The molecule has 2 N–H and O–H groups in total. The van der Waals surface area contributed by atoms with Crippen LogP contribution >= 0.6 is 0 Å². The third-order valence-corrected chi connectivity index (χ3v) is 1.34. The molecule has 0 aromatic rings. The summed E-state index contributed by atoms with van der Waals surface area (Å²) in [4.78, 5) is 10.9. The Balaban J connectivity index is 3.44. The van der Waals surface area contributed by atoms with Gasteiger partial charge in [0.2, 0.25) is 5.91 Å². The van der Waals surface area contributed by atoms with Gasteiger partial charge in [-0.05, 0) is 6.92 Å². The summed E-state index contributed by atoms with van der Waals surface area (Å²) in [5, 5.41) is 11.5. The van der Waals surface area contributed by atoms with Crippen LogP contribution in [-0.4, -0.2) is 31.0 Å². The van der Waals surface area contributed by atoms with Crippen LogP contribution in [0.2, 0.25) is 0 Å². The van der Waals surface area contributed by atoms with Crippen molar-refractivity contribution >= 4 is 5.91 Å². The van der Waals surface area contributed by atoms with Crippen molar-refractivity contribution in [3.63, 3.8) is 0 Å². The molecule has 0 spiro atoms. The molecule has 1 amide bonds. The fourth-order valence-corrected chi connectivity index (χ4v) is 0.578. The first-order valence-electron chi connectivity index (χ1n) is 3.72. The summed E-state index contributed by atoms with van der Waals surface area (Å²) < 4.78 is 4.57. The number of rotatable bonds is 5. The normalized spacial score (nSPS) is 12.2. The van der Waals surface area contributed by atoms with E-state index >= 15 is 0 Å². The van der Waals surface area contributed by atoms with Crippen molar-refractivity contribution in [2.75, 3.05) is 13.7 Å². The lowest BCUT2D eigenvalue weighted by atomic mass is 10.3. The van der Waals surface area contributed by atoms with E-state index in [4.69, 9.17) is 5.11 Å². The lowest BCUT2D eigenvalue weighted by molar-refractivity contribution is -0.118. The Bertz CT molecular complexity index is 168. The standard InChI is InChI=1S/C8H15NO3/c1-6(2)8(11)9-5-4-7(10)12-3/h7,10H,1,4-5H2,2-3H3,(H,9,11). The zero-order valence-corrected chi connectivity index (χ0v) is 7.46. The van der Waals surface area contributed by atoms with Crippen LogP contribution in [0, 0.1) is 0 Å². The molecule has 70 valence electrons. The van der Waals surface area contributed by atoms with Crippen molar-refractivity contribution in [3.05, 3.63) is 12.2 Å². The number of hydrogen-bond acceptors (Lipinski definition) is 3. The Morgan fingerprint density at radius 2 is 2.33 bits per heavy atom. The summed E-state index contributed by atoms with van der Waals surface area (Å²) in [6.07, 6.45) is -0.425. The fraction of sp³-hybridized carbons (Fsp3) is 0.625. The van der Waals surface area contributed by atoms with Crippen LogP contribution in [0.4, 0.5) is 0 Å². The number of carbonyl (C=O) groups excluding carboxylic acids is 1. The van der Waals surface area contributed by atoms with Crippen LogP contribution in [0.15, 0.2) is 12.2 Å². The van der Waals surface area contributed by atoms with Gasteiger partial charge in [-0.3, -0.25) is 4.79 Å². The van der Waals surface area contributed by atoms with Crippen molar-refractivity contribution in [1.29, 1.82) is 0 Å². The Labute approximate surface area is 72.2 Å². The van der Waals surface area contributed by atoms with Gasteiger partial charge in [-0.2, -0.15) is 0 Å². The predicted molar refractivity (Wildman–Crippen MR) is 45.5 cm³/mol. The highest BCUT2D eigenvalue weighted by atomic mass is 16.6. The first-order chi connectivity index (χ1) is 5.57. The molecule has 0 bridgehead atoms. The summed E-state index contributed by atoms with van der Waals surface area (Å²) in [6.45, 7) is 5.48. The Hall–Kier alpha value is -0.870. The monoisotopic (exact) mass is 173 g/mol. The molecule has 0 aromatic heterocycles. The van der Waals surface area contributed by atoms with Crippen molar-refractivity contribution in [3.8, 4) is 0 Å². The molecule has 4 heteroatoms. The number of nitrogens with one attached hydrogen (secondary N) is 1. The third-order valence-electron chi connectivity index (χ3n) is 1.34. The molecule has 1 atom stereocenters. The van der Waals surface area contributed by atoms with Gasteiger partial charge in [0, 0.05) is 25.6 Å². The SMILES string of the molecule is C=C(C)C(=O)NCCC(O)OC. The van der Waals surface area contributed by atoms with Gasteiger partial charge >= 0.3 is 0 Å². The Morgan fingerprint density at radius 3 is 2.75 bits per heavy atom. The summed E-state index contributed by atoms with van der Waals surface area (Å²) in [6, 6.07) is 0. The van der Waals surface area contributed by atoms with Gasteiger partial charge in [-0.1, -0.05) is 6.58 Å². The lowest BCUT2D eigenvalue weighted by Gasteiger charge is -2.08. The third kappa shape index (κ3) is 4.87. The molecule has 0 radical (unpaired) electrons. The second-order valence-corrected chi connectivity index (χ2v) is 2.52. The van der Waals surface area contributed by atoms with Crippen molar-refractivity contribution in [2.45, 2.75) is 19.6 Å². The molecule has 0 aliphatic carbocycles. The number of aliphatic hydroxyl groups excluding tert-OH is 1. The Morgan fingerprint density at radius 1 is 1.75 bits per heavy atom. The first kappa shape index (κ1) is 11.1. The minimum Gasteiger partial charge on any atom is -0.368 e. The maximum absolute atomic E-state index is 10.9. The van der Waals surface area contributed by atoms with Gasteiger partial charge < -0.3 is 15.2 Å². The van der Waals surface area contributed by atoms with Gasteiger partial charge in [0.1, 0.15) is 0 Å². The number of methoxy groups -OCH3 is 1. The molecular formula is C8H15NO3. The first-order valence-corrected chi connectivity index (χ1v) is 3.72. The van der Waals surface area contributed by atoms with Crippen LogP contribution < -0.4 is 5.32 Å². The molecule has 0 saturated carbocycles. The number of carbonyl (C=O) groups is 1. The van der Waals surface area contributed by atoms with Crippen LogP contribution in [0.25, 0.3) is 0 Å². The van der Waals surface area contributed by atoms with Gasteiger partial charge in [0.25, 0.3) is 0 Å². The highest BCUT2D eigenvalue weighted by molar-refractivity contribution is 5.91. The molecule has 0 heterocycles. The maximum Gasteiger partial charge on any atom is 0.246 e. The smallest absolute Gasteiger partial charge is 0.246 e. The number of ether oxygens (including phenoxy) is 1. The van der Waals surface area contributed by atoms with E-state index in [9.17, 15) is 4.79 Å². The molecule has 0 aromatic carbocycles. The highest BCUT2D eigenvalue weighted by Crippen LogP contribution is 1.91. The molecule has 4 nitrogen and oxygen atoms in total. The summed E-state index contributed by atoms with van der Waals surface area (Å²) >= 11 is 0. The lowest BCUT2D eigenvalue weighted by Crippen LogP contribution is -2.27. The second-order valence-electron chi connectivity index (χ2n) is 2.52. The van der Waals surface area contributed by atoms with Gasteiger partial charge in [-0.25, -0.2) is 0 Å². The fourth-order valence-electron chi connectivity index (χ4n) is 0.578. The number of hydrogen-bond donors (Lipinski definition) is 2. The van der Waals surface area contributed by atoms with E-state index in [1.165, 1.54) is 7.11 Å². The van der Waals surface area contributed by atoms with E-state index in [-0.39, 0.29) is 5.91 Å². The molecular weight excluding hydrogens is 158 g/mol. The molecule has 0 saturated heterocycles. The molecule has 0 aliphatic rings. The molecule has 1 unspecified atom stereocenters. The highest BCUT2D eigenvalue weighted by Gasteiger charge is 2.03. The van der Waals surface area contributed by atoms with Gasteiger partial charge in [-0.15, -0.1) is 0 Å². The molecule has 0 rings (SSSR count). The van der Waals surface area contributed by atoms with Crippen molar-refractivity contribution in [2.24, 2.45) is 0 Å². The zero-order chi connectivity index (χ0) is 9.56. The average Bonchev–Trinajstić information content (AvgIpc) is 2.03. The van der Waals surface area contributed by atoms with E-state index < -0.39 is 6.29 Å². The van der Waals surface area contributed by atoms with E-state index in [0.717, 1.165) is 0 Å². The van der Waals surface area contributed by atoms with Crippen LogP contribution in [0.3, 0.4) is 0 Å². The minimum absolute atomic E-state index is 0.196. The summed E-state index contributed by atoms with van der Waals surface area (Å²) in [5.74, 6) is -0.196. The topological polar surface area (TPSA) is 58.6 Å². The second kappa shape index (κ2) is 5.74.